The number of nitrogens with zero attached hydrogens (tertiary/aromatic N) is 2. The summed E-state index contributed by atoms with van der Waals surface area (Å²) in [4.78, 5) is 30.3. The normalized spacial score (nSPS) is 24.0. The van der Waals surface area contributed by atoms with Crippen LogP contribution in [-0.2, 0) is 19.4 Å². The van der Waals surface area contributed by atoms with E-state index < -0.39 is 21.5 Å². The Morgan fingerprint density at radius 2 is 1.97 bits per heavy atom. The summed E-state index contributed by atoms with van der Waals surface area (Å²) in [6.45, 7) is 7.34. The Labute approximate surface area is 181 Å². The fourth-order valence-corrected chi connectivity index (χ4v) is 7.35. The van der Waals surface area contributed by atoms with E-state index in [0.717, 1.165) is 11.3 Å². The first kappa shape index (κ1) is 22.6. The highest BCUT2D eigenvalue weighted by molar-refractivity contribution is 8.16. The molecule has 3 rings (SSSR count). The maximum absolute atomic E-state index is 12.4. The summed E-state index contributed by atoms with van der Waals surface area (Å²) < 4.78 is 29.4. The van der Waals surface area contributed by atoms with Gasteiger partial charge in [0.25, 0.3) is 0 Å². The fraction of sp³-hybridized carbons (Fsp3) is 0.550. The van der Waals surface area contributed by atoms with Gasteiger partial charge in [0.05, 0.1) is 17.5 Å². The molecule has 0 aromatic heterocycles. The molecular weight excluding hydrogens is 426 g/mol. The molecule has 8 nitrogen and oxygen atoms in total. The van der Waals surface area contributed by atoms with Gasteiger partial charge in [-0.25, -0.2) is 13.2 Å². The zero-order valence-electron chi connectivity index (χ0n) is 17.5. The summed E-state index contributed by atoms with van der Waals surface area (Å²) in [5, 5.41) is 2.91. The second-order valence-electron chi connectivity index (χ2n) is 8.42. The number of fused-ring (bicyclic) bond motifs is 1. The van der Waals surface area contributed by atoms with Gasteiger partial charge >= 0.3 is 6.09 Å². The van der Waals surface area contributed by atoms with Crippen molar-refractivity contribution in [2.24, 2.45) is 4.99 Å². The van der Waals surface area contributed by atoms with Crippen LogP contribution in [-0.4, -0.2) is 60.5 Å². The molecule has 0 aliphatic carbocycles. The maximum Gasteiger partial charge on any atom is 0.407 e. The fourth-order valence-electron chi connectivity index (χ4n) is 3.43. The largest absolute Gasteiger partial charge is 0.444 e. The average molecular weight is 454 g/mol. The third-order valence-electron chi connectivity index (χ3n) is 4.67. The molecule has 2 saturated heterocycles. The minimum atomic E-state index is -3.11. The smallest absolute Gasteiger partial charge is 0.407 e. The molecule has 2 atom stereocenters. The van der Waals surface area contributed by atoms with E-state index in [0.29, 0.717) is 5.17 Å². The number of aryl methyl sites for hydroxylation is 1. The molecule has 164 valence electrons. The molecule has 1 N–H and O–H groups in total. The van der Waals surface area contributed by atoms with Gasteiger partial charge in [-0.15, -0.1) is 0 Å². The lowest BCUT2D eigenvalue weighted by molar-refractivity contribution is -0.117. The van der Waals surface area contributed by atoms with Crippen molar-refractivity contribution < 1.29 is 22.7 Å². The first-order valence-corrected chi connectivity index (χ1v) is 12.5. The molecule has 2 aliphatic rings. The minimum absolute atomic E-state index is 0.0263. The number of aliphatic imine (C=N–C) groups is 1. The molecule has 0 unspecified atom stereocenters. The van der Waals surface area contributed by atoms with E-state index in [9.17, 15) is 18.0 Å². The van der Waals surface area contributed by atoms with Gasteiger partial charge < -0.3 is 15.0 Å². The van der Waals surface area contributed by atoms with Crippen LogP contribution in [0.4, 0.5) is 10.5 Å². The summed E-state index contributed by atoms with van der Waals surface area (Å²) in [6.07, 6.45) is -0.557. The molecule has 1 aromatic rings. The topological polar surface area (TPSA) is 105 Å². The van der Waals surface area contributed by atoms with Crippen LogP contribution in [0.3, 0.4) is 0 Å². The number of rotatable bonds is 4. The Morgan fingerprint density at radius 1 is 1.27 bits per heavy atom. The van der Waals surface area contributed by atoms with Gasteiger partial charge in [0.1, 0.15) is 5.60 Å². The number of benzene rings is 1. The van der Waals surface area contributed by atoms with Crippen molar-refractivity contribution in [3.8, 4) is 0 Å². The molecule has 30 heavy (non-hydrogen) atoms. The minimum Gasteiger partial charge on any atom is -0.444 e. The quantitative estimate of drug-likeness (QED) is 0.747. The number of amidine groups is 1. The zero-order chi connectivity index (χ0) is 22.1. The molecule has 1 aromatic carbocycles. The number of nitrogens with one attached hydrogen (secondary N) is 1. The van der Waals surface area contributed by atoms with Crippen molar-refractivity contribution in [1.82, 2.24) is 5.32 Å². The molecule has 0 saturated carbocycles. The van der Waals surface area contributed by atoms with Gasteiger partial charge in [-0.2, -0.15) is 4.99 Å². The number of para-hydroxylation sites is 1. The number of thioether (sulfide) groups is 1. The van der Waals surface area contributed by atoms with Crippen LogP contribution in [0.2, 0.25) is 0 Å². The number of alkyl carbamates (subject to hydrolysis) is 1. The Kier molecular flexibility index (Phi) is 6.47. The number of carbonyl (C=O) groups excluding carboxylic acids is 2. The van der Waals surface area contributed by atoms with E-state index in [-0.39, 0.29) is 41.7 Å². The van der Waals surface area contributed by atoms with Gasteiger partial charge in [0.15, 0.2) is 15.0 Å². The van der Waals surface area contributed by atoms with Crippen LogP contribution < -0.4 is 10.2 Å². The number of anilines is 1. The van der Waals surface area contributed by atoms with E-state index in [4.69, 9.17) is 4.74 Å². The lowest BCUT2D eigenvalue weighted by Gasteiger charge is -2.26. The van der Waals surface area contributed by atoms with Crippen molar-refractivity contribution in [3.05, 3.63) is 29.8 Å². The monoisotopic (exact) mass is 453 g/mol. The lowest BCUT2D eigenvalue weighted by Crippen LogP contribution is -2.38. The Hall–Kier alpha value is -2.07. The van der Waals surface area contributed by atoms with Crippen LogP contribution in [0.1, 0.15) is 32.8 Å². The van der Waals surface area contributed by atoms with Crippen LogP contribution >= 0.6 is 11.8 Å². The highest BCUT2D eigenvalue weighted by Crippen LogP contribution is 2.41. The molecule has 0 radical (unpaired) electrons. The predicted molar refractivity (Wildman–Crippen MR) is 119 cm³/mol. The number of ether oxygens (including phenoxy) is 1. The van der Waals surface area contributed by atoms with Crippen molar-refractivity contribution >= 4 is 44.5 Å². The molecule has 2 heterocycles. The lowest BCUT2D eigenvalue weighted by atomic mass is 10.1. The van der Waals surface area contributed by atoms with Crippen molar-refractivity contribution in [3.63, 3.8) is 0 Å². The first-order valence-electron chi connectivity index (χ1n) is 9.75. The van der Waals surface area contributed by atoms with Crippen molar-refractivity contribution in [2.45, 2.75) is 51.0 Å². The Morgan fingerprint density at radius 3 is 2.63 bits per heavy atom. The Bertz CT molecular complexity index is 969. The van der Waals surface area contributed by atoms with Crippen LogP contribution in [0.5, 0.6) is 0 Å². The molecule has 0 bridgehead atoms. The number of carbonyl (C=O) groups is 2. The predicted octanol–water partition coefficient (Wildman–Crippen LogP) is 2.51. The summed E-state index contributed by atoms with van der Waals surface area (Å²) in [6, 6.07) is 7.41. The van der Waals surface area contributed by atoms with Crippen LogP contribution in [0.15, 0.2) is 29.3 Å². The number of hydrogen-bond donors (Lipinski definition) is 1. The van der Waals surface area contributed by atoms with Gasteiger partial charge in [0.2, 0.25) is 5.91 Å². The number of amides is 2. The van der Waals surface area contributed by atoms with Gasteiger partial charge in [0, 0.05) is 23.9 Å². The second-order valence-corrected chi connectivity index (χ2v) is 11.8. The molecule has 2 amide bonds. The van der Waals surface area contributed by atoms with Gasteiger partial charge in [-0.3, -0.25) is 4.79 Å². The molecular formula is C20H27N3O5S2. The van der Waals surface area contributed by atoms with E-state index in [1.807, 2.05) is 36.1 Å². The van der Waals surface area contributed by atoms with Crippen LogP contribution in [0, 0.1) is 6.92 Å². The number of sulfone groups is 1. The van der Waals surface area contributed by atoms with E-state index in [1.54, 1.807) is 20.8 Å². The highest BCUT2D eigenvalue weighted by Gasteiger charge is 2.49. The summed E-state index contributed by atoms with van der Waals surface area (Å²) in [7, 11) is -3.11. The average Bonchev–Trinajstić information content (AvgIpc) is 3.05. The highest BCUT2D eigenvalue weighted by atomic mass is 32.2. The van der Waals surface area contributed by atoms with E-state index in [1.165, 1.54) is 11.8 Å². The zero-order valence-corrected chi connectivity index (χ0v) is 19.2. The Balaban J connectivity index is 1.72. The summed E-state index contributed by atoms with van der Waals surface area (Å²) in [5.74, 6) is -0.250. The van der Waals surface area contributed by atoms with Crippen molar-refractivity contribution in [2.75, 3.05) is 23.0 Å². The standard InChI is InChI=1S/C20H27N3O5S2/c1-13-7-5-6-8-14(13)23-15-11-30(26,27)12-16(15)29-18(23)22-17(24)9-10-21-19(25)28-20(2,3)4/h5-8,15-16H,9-12H2,1-4H3,(H,21,25)/t15-,16+/m1/s1. The molecule has 2 aliphatic heterocycles. The molecule has 10 heteroatoms. The summed E-state index contributed by atoms with van der Waals surface area (Å²) in [5.41, 5.74) is 1.23. The van der Waals surface area contributed by atoms with Gasteiger partial charge in [-0.05, 0) is 39.3 Å². The maximum atomic E-state index is 12.4. The second kappa shape index (κ2) is 8.58. The third-order valence-corrected chi connectivity index (χ3v) is 7.88. The van der Waals surface area contributed by atoms with Crippen LogP contribution in [0.25, 0.3) is 0 Å². The third kappa shape index (κ3) is 5.54. The van der Waals surface area contributed by atoms with Crippen molar-refractivity contribution in [1.29, 1.82) is 0 Å². The van der Waals surface area contributed by atoms with E-state index >= 15 is 0 Å². The SMILES string of the molecule is Cc1ccccc1N1C(=NC(=O)CCNC(=O)OC(C)(C)C)S[C@H]2CS(=O)(=O)C[C@H]21. The summed E-state index contributed by atoms with van der Waals surface area (Å²) >= 11 is 1.34. The number of hydrogen-bond acceptors (Lipinski definition) is 6. The van der Waals surface area contributed by atoms with E-state index in [2.05, 4.69) is 10.3 Å². The first-order chi connectivity index (χ1) is 14.0. The molecule has 2 fully saturated rings. The molecule has 0 spiro atoms. The van der Waals surface area contributed by atoms with Gasteiger partial charge in [-0.1, -0.05) is 30.0 Å².